The minimum absolute atomic E-state index is 0.0215. The van der Waals surface area contributed by atoms with E-state index in [0.29, 0.717) is 88.5 Å². The number of phenols is 2. The third-order valence-corrected chi connectivity index (χ3v) is 18.0. The van der Waals surface area contributed by atoms with E-state index in [1.165, 1.54) is 30.3 Å². The zero-order chi connectivity index (χ0) is 88.9. The summed E-state index contributed by atoms with van der Waals surface area (Å²) >= 11 is 11.5. The van der Waals surface area contributed by atoms with Crippen molar-refractivity contribution in [3.8, 4) is 11.5 Å². The van der Waals surface area contributed by atoms with Gasteiger partial charge in [0.25, 0.3) is 0 Å². The Kier molecular flexibility index (Phi) is 56.5. The quantitative estimate of drug-likeness (QED) is 0.00971. The van der Waals surface area contributed by atoms with Crippen LogP contribution >= 0.6 is 23.2 Å². The molecule has 0 unspecified atom stereocenters. The van der Waals surface area contributed by atoms with Crippen molar-refractivity contribution in [2.45, 2.75) is 232 Å². The van der Waals surface area contributed by atoms with Gasteiger partial charge in [0.1, 0.15) is 23.1 Å². The number of aryl methyl sites for hydroxylation is 2. The standard InChI is InChI=1S/C16H22O5.2C14H18O3.2C13H16O3.C12H12F2O3.C10H8Cl2O3/c17-12-9-10-15(19)13(11-12)14(18)7-5-3-1-2-4-6-8-16(20)21;1-10-7-11(2)9-12(8-10)13(15)5-3-4-6-14(16)17;15-13(12-8-4-3-5-9-12)10-6-1-2-7-11-14(16)17;2*14-12(11-7-3-1-4-8-11)9-5-2-6-10-13(15)16;13-8-5-6-10(14)9(7-8)11(15)3-1-2-4-12(16)17;11-6-1-2-8(12)7(5-6)9(13)3-4-10(14)15/h9-11,17,19H,1-8H2,(H,20,21);7-9H,3-6H2,1-2H3,(H,16,17);3-5,8-9H,1-2,6-7,10-11H2,(H,16,17);2*1,3-4,7-8H,2,5-6,9-10H2,(H,15,16);5-7H,1-4H2,(H,16,17);1-2,5H,3-4H2,(H,14,15). The van der Waals surface area contributed by atoms with Crippen molar-refractivity contribution < 1.29 is 122 Å². The van der Waals surface area contributed by atoms with E-state index in [-0.39, 0.29) is 126 Å². The molecule has 0 aliphatic rings. The van der Waals surface area contributed by atoms with Crippen LogP contribution in [0.15, 0.2) is 164 Å². The number of carbonyl (C=O) groups is 14. The first-order valence-corrected chi connectivity index (χ1v) is 40.3. The van der Waals surface area contributed by atoms with Gasteiger partial charge in [-0.1, -0.05) is 183 Å². The fourth-order valence-electron chi connectivity index (χ4n) is 11.2. The number of aromatic hydroxyl groups is 2. The van der Waals surface area contributed by atoms with Gasteiger partial charge in [0.2, 0.25) is 0 Å². The molecule has 0 saturated carbocycles. The van der Waals surface area contributed by atoms with Crippen LogP contribution in [0, 0.1) is 25.5 Å². The van der Waals surface area contributed by atoms with Crippen LogP contribution in [0.3, 0.4) is 0 Å². The summed E-state index contributed by atoms with van der Waals surface area (Å²) in [6.45, 7) is 3.93. The van der Waals surface area contributed by atoms with E-state index in [2.05, 4.69) is 0 Å². The maximum Gasteiger partial charge on any atom is 0.303 e. The van der Waals surface area contributed by atoms with Crippen LogP contribution in [0.4, 0.5) is 8.78 Å². The van der Waals surface area contributed by atoms with Crippen LogP contribution in [0.1, 0.15) is 302 Å². The largest absolute Gasteiger partial charge is 0.508 e. The molecule has 9 N–H and O–H groups in total. The van der Waals surface area contributed by atoms with Gasteiger partial charge in [0.15, 0.2) is 40.5 Å². The van der Waals surface area contributed by atoms with Crippen LogP contribution < -0.4 is 0 Å². The molecule has 0 aliphatic heterocycles. The van der Waals surface area contributed by atoms with Crippen LogP contribution in [0.25, 0.3) is 0 Å². The highest BCUT2D eigenvalue weighted by molar-refractivity contribution is 6.36. The third kappa shape index (κ3) is 54.2. The molecule has 0 heterocycles. The predicted octanol–water partition coefficient (Wildman–Crippen LogP) is 21.6. The van der Waals surface area contributed by atoms with Gasteiger partial charge in [-0.15, -0.1) is 0 Å². The highest BCUT2D eigenvalue weighted by Gasteiger charge is 2.17. The summed E-state index contributed by atoms with van der Waals surface area (Å²) in [6, 6.07) is 44.6. The number of carboxylic acid groups (broad SMARTS) is 7. The van der Waals surface area contributed by atoms with E-state index in [0.717, 1.165) is 129 Å². The van der Waals surface area contributed by atoms with Gasteiger partial charge in [-0.2, -0.15) is 0 Å². The second kappa shape index (κ2) is 63.7. The zero-order valence-electron chi connectivity index (χ0n) is 67.4. The van der Waals surface area contributed by atoms with Gasteiger partial charge in [-0.05, 0) is 158 Å². The highest BCUT2D eigenvalue weighted by atomic mass is 35.5. The van der Waals surface area contributed by atoms with Crippen molar-refractivity contribution in [3.05, 3.63) is 236 Å². The summed E-state index contributed by atoms with van der Waals surface area (Å²) in [5, 5.41) is 78.7. The summed E-state index contributed by atoms with van der Waals surface area (Å²) in [6.07, 6.45) is 17.8. The average Bonchev–Trinajstić information content (AvgIpc) is 0.889. The fraction of sp³-hybridized carbons (Fsp3) is 0.391. The number of hydrogen-bond acceptors (Lipinski definition) is 16. The number of phenolic OH excluding ortho intramolecular Hbond substituents is 2. The number of halogens is 4. The van der Waals surface area contributed by atoms with Gasteiger partial charge in [0.05, 0.1) is 22.6 Å². The van der Waals surface area contributed by atoms with Crippen molar-refractivity contribution >= 4 is 105 Å². The van der Waals surface area contributed by atoms with Gasteiger partial charge in [0, 0.05) is 116 Å². The van der Waals surface area contributed by atoms with E-state index in [1.54, 1.807) is 30.3 Å². The molecular weight excluding hydrogens is 1580 g/mol. The molecule has 0 bridgehead atoms. The van der Waals surface area contributed by atoms with Crippen molar-refractivity contribution in [1.82, 2.24) is 0 Å². The van der Waals surface area contributed by atoms with Crippen molar-refractivity contribution in [1.29, 1.82) is 0 Å². The van der Waals surface area contributed by atoms with Crippen LogP contribution in [-0.4, -0.2) is 128 Å². The Labute approximate surface area is 702 Å². The molecule has 0 aliphatic carbocycles. The maximum atomic E-state index is 13.2. The lowest BCUT2D eigenvalue weighted by atomic mass is 10.0. The van der Waals surface area contributed by atoms with Crippen molar-refractivity contribution in [3.63, 3.8) is 0 Å². The molecule has 0 radical (unpaired) electrons. The number of Topliss-reactive ketones (excluding diaryl/α,β-unsaturated/α-hetero) is 7. The molecule has 0 aromatic heterocycles. The number of benzene rings is 7. The molecule has 7 rings (SSSR count). The number of unbranched alkanes of at least 4 members (excludes halogenated alkanes) is 14. The molecule has 23 nitrogen and oxygen atoms in total. The smallest absolute Gasteiger partial charge is 0.303 e. The van der Waals surface area contributed by atoms with Crippen molar-refractivity contribution in [2.24, 2.45) is 0 Å². The lowest BCUT2D eigenvalue weighted by Gasteiger charge is -2.05. The Balaban J connectivity index is 0.000000696. The molecule has 0 amide bonds. The Morgan fingerprint density at radius 3 is 0.916 bits per heavy atom. The molecule has 7 aromatic carbocycles. The summed E-state index contributed by atoms with van der Waals surface area (Å²) in [4.78, 5) is 154. The Bertz CT molecular complexity index is 4230. The molecule has 0 spiro atoms. The number of hydrogen-bond donors (Lipinski definition) is 9. The highest BCUT2D eigenvalue weighted by Crippen LogP contribution is 2.26. The molecule has 0 saturated heterocycles. The zero-order valence-corrected chi connectivity index (χ0v) is 68.9. The Morgan fingerprint density at radius 1 is 0.261 bits per heavy atom. The van der Waals surface area contributed by atoms with E-state index in [9.17, 15) is 86.1 Å². The van der Waals surface area contributed by atoms with Gasteiger partial charge < -0.3 is 46.0 Å². The van der Waals surface area contributed by atoms with Gasteiger partial charge >= 0.3 is 41.8 Å². The fourth-order valence-corrected chi connectivity index (χ4v) is 11.6. The number of carboxylic acids is 7. The van der Waals surface area contributed by atoms with E-state index < -0.39 is 59.2 Å². The molecule has 27 heteroatoms. The lowest BCUT2D eigenvalue weighted by molar-refractivity contribution is -0.138. The van der Waals surface area contributed by atoms with Crippen LogP contribution in [0.5, 0.6) is 11.5 Å². The average molecular weight is 1690 g/mol. The minimum atomic E-state index is -1.01. The Morgan fingerprint density at radius 2 is 0.555 bits per heavy atom. The number of carbonyl (C=O) groups excluding carboxylic acids is 7. The monoisotopic (exact) mass is 1690 g/mol. The first kappa shape index (κ1) is 106. The number of ketones is 7. The molecule has 0 atom stereocenters. The first-order valence-electron chi connectivity index (χ1n) is 39.5. The van der Waals surface area contributed by atoms with Crippen molar-refractivity contribution in [2.75, 3.05) is 0 Å². The number of rotatable bonds is 48. The van der Waals surface area contributed by atoms with Gasteiger partial charge in [-0.25, -0.2) is 8.78 Å². The summed E-state index contributed by atoms with van der Waals surface area (Å²) < 4.78 is 26.0. The first-order chi connectivity index (χ1) is 56.6. The SMILES string of the molecule is Cc1cc(C)cc(C(=O)CCCCC(=O)O)c1.O=C(O)CCC(=O)c1cc(Cl)ccc1Cl.O=C(O)CCCCC(=O)c1cc(F)ccc1F.O=C(O)CCCCCC(=O)c1ccccc1.O=C(O)CCCCCC(=O)c1ccccc1.O=C(O)CCCCCCC(=O)c1ccccc1.O=C(O)CCCCCCCCC(=O)c1cc(O)ccc1O. The minimum Gasteiger partial charge on any atom is -0.508 e. The predicted molar refractivity (Wildman–Crippen MR) is 449 cm³/mol. The third-order valence-electron chi connectivity index (χ3n) is 17.4. The molecule has 7 aromatic rings. The normalized spacial score (nSPS) is 10.2. The van der Waals surface area contributed by atoms with Crippen LogP contribution in [-0.2, 0) is 33.6 Å². The Hall–Kier alpha value is -11.4. The second-order valence-corrected chi connectivity index (χ2v) is 28.6. The molecule has 0 fully saturated rings. The van der Waals surface area contributed by atoms with E-state index >= 15 is 0 Å². The van der Waals surface area contributed by atoms with Gasteiger partial charge in [-0.3, -0.25) is 67.1 Å². The summed E-state index contributed by atoms with van der Waals surface area (Å²) in [5.41, 5.74) is 5.29. The van der Waals surface area contributed by atoms with Crippen LogP contribution in [0.2, 0.25) is 10.0 Å². The van der Waals surface area contributed by atoms with E-state index in [1.807, 2.05) is 98.8 Å². The maximum absolute atomic E-state index is 13.2. The number of aliphatic carboxylic acids is 7. The summed E-state index contributed by atoms with van der Waals surface area (Å²) in [5.74, 6) is -7.80. The molecule has 644 valence electrons. The molecule has 119 heavy (non-hydrogen) atoms. The summed E-state index contributed by atoms with van der Waals surface area (Å²) in [7, 11) is 0. The second-order valence-electron chi connectivity index (χ2n) is 27.7. The lowest BCUT2D eigenvalue weighted by Crippen LogP contribution is -2.04. The van der Waals surface area contributed by atoms with E-state index in [4.69, 9.17) is 58.9 Å². The molecular formula is C92H110Cl2F2O23. The topological polar surface area (TPSA) is 421 Å².